The van der Waals surface area contributed by atoms with Crippen LogP contribution < -0.4 is 14.8 Å². The van der Waals surface area contributed by atoms with Gasteiger partial charge in [0.2, 0.25) is 0 Å². The second-order valence-corrected chi connectivity index (χ2v) is 3.73. The fourth-order valence-electron chi connectivity index (χ4n) is 1.49. The topological polar surface area (TPSA) is 47.6 Å². The first kappa shape index (κ1) is 10.8. The Kier molecular flexibility index (Phi) is 2.99. The molecule has 1 aromatic rings. The largest absolute Gasteiger partial charge is 0.496 e. The van der Waals surface area contributed by atoms with Gasteiger partial charge in [-0.15, -0.1) is 0 Å². The molecule has 16 heavy (non-hydrogen) atoms. The summed E-state index contributed by atoms with van der Waals surface area (Å²) < 4.78 is 10.9. The molecule has 0 aromatic heterocycles. The van der Waals surface area contributed by atoms with Gasteiger partial charge in [-0.1, -0.05) is 6.07 Å². The predicted octanol–water partition coefficient (Wildman–Crippen LogP) is 1.60. The molecule has 0 saturated heterocycles. The second-order valence-electron chi connectivity index (χ2n) is 3.73. The summed E-state index contributed by atoms with van der Waals surface area (Å²) in [5.74, 6) is 0.951. The number of carbonyl (C=O) groups is 1. The fraction of sp³-hybridized carbons (Fsp3) is 0.417. The normalized spacial score (nSPS) is 14.4. The number of ether oxygens (including phenoxy) is 2. The summed E-state index contributed by atoms with van der Waals surface area (Å²) in [6, 6.07) is 5.37. The Morgan fingerprint density at radius 1 is 1.38 bits per heavy atom. The number of benzene rings is 1. The van der Waals surface area contributed by atoms with Crippen molar-refractivity contribution < 1.29 is 14.3 Å². The molecule has 0 radical (unpaired) electrons. The van der Waals surface area contributed by atoms with Crippen molar-refractivity contribution in [1.82, 2.24) is 5.32 Å². The number of hydrogen-bond donors (Lipinski definition) is 1. The molecular formula is C12H15NO3. The molecule has 86 valence electrons. The van der Waals surface area contributed by atoms with E-state index in [1.165, 1.54) is 0 Å². The maximum Gasteiger partial charge on any atom is 0.258 e. The van der Waals surface area contributed by atoms with Gasteiger partial charge < -0.3 is 14.8 Å². The first-order valence-corrected chi connectivity index (χ1v) is 5.32. The SMILES string of the molecule is CNC(=O)c1c(OC)cccc1OC1CC1. The molecule has 0 atom stereocenters. The number of hydrogen-bond acceptors (Lipinski definition) is 3. The van der Waals surface area contributed by atoms with Gasteiger partial charge in [-0.3, -0.25) is 4.79 Å². The minimum Gasteiger partial charge on any atom is -0.496 e. The lowest BCUT2D eigenvalue weighted by Crippen LogP contribution is -2.20. The molecule has 0 heterocycles. The Hall–Kier alpha value is -1.71. The Balaban J connectivity index is 2.36. The van der Waals surface area contributed by atoms with Gasteiger partial charge in [0.1, 0.15) is 17.1 Å². The van der Waals surface area contributed by atoms with E-state index in [0.717, 1.165) is 12.8 Å². The van der Waals surface area contributed by atoms with Gasteiger partial charge in [0.15, 0.2) is 0 Å². The van der Waals surface area contributed by atoms with Crippen molar-refractivity contribution in [3.05, 3.63) is 23.8 Å². The third kappa shape index (κ3) is 2.10. The van der Waals surface area contributed by atoms with Crippen LogP contribution in [0, 0.1) is 0 Å². The monoisotopic (exact) mass is 221 g/mol. The molecule has 0 spiro atoms. The van der Waals surface area contributed by atoms with Gasteiger partial charge in [0.25, 0.3) is 5.91 Å². The average Bonchev–Trinajstić information content (AvgIpc) is 3.11. The molecular weight excluding hydrogens is 206 g/mol. The number of carbonyl (C=O) groups excluding carboxylic acids is 1. The number of rotatable bonds is 4. The van der Waals surface area contributed by atoms with E-state index in [1.807, 2.05) is 6.07 Å². The lowest BCUT2D eigenvalue weighted by Gasteiger charge is -2.13. The van der Waals surface area contributed by atoms with E-state index in [2.05, 4.69) is 5.32 Å². The highest BCUT2D eigenvalue weighted by atomic mass is 16.5. The zero-order valence-corrected chi connectivity index (χ0v) is 9.45. The molecule has 4 nitrogen and oxygen atoms in total. The maximum absolute atomic E-state index is 11.7. The van der Waals surface area contributed by atoms with Crippen LogP contribution in [-0.4, -0.2) is 26.2 Å². The quantitative estimate of drug-likeness (QED) is 0.840. The molecule has 1 aliphatic rings. The van der Waals surface area contributed by atoms with E-state index >= 15 is 0 Å². The molecule has 1 aliphatic carbocycles. The van der Waals surface area contributed by atoms with Gasteiger partial charge in [-0.25, -0.2) is 0 Å². The highest BCUT2D eigenvalue weighted by molar-refractivity contribution is 5.99. The minimum absolute atomic E-state index is 0.187. The molecule has 1 fully saturated rings. The molecule has 0 bridgehead atoms. The van der Waals surface area contributed by atoms with Crippen molar-refractivity contribution in [2.75, 3.05) is 14.2 Å². The van der Waals surface area contributed by atoms with Crippen LogP contribution in [0.2, 0.25) is 0 Å². The average molecular weight is 221 g/mol. The van der Waals surface area contributed by atoms with Crippen molar-refractivity contribution in [3.63, 3.8) is 0 Å². The van der Waals surface area contributed by atoms with Gasteiger partial charge in [-0.05, 0) is 25.0 Å². The smallest absolute Gasteiger partial charge is 0.258 e. The molecule has 0 aliphatic heterocycles. The van der Waals surface area contributed by atoms with Crippen LogP contribution in [0.5, 0.6) is 11.5 Å². The third-order valence-electron chi connectivity index (χ3n) is 2.48. The molecule has 4 heteroatoms. The first-order chi connectivity index (χ1) is 7.76. The molecule has 1 aromatic carbocycles. The molecule has 2 rings (SSSR count). The van der Waals surface area contributed by atoms with Crippen molar-refractivity contribution >= 4 is 5.91 Å². The summed E-state index contributed by atoms with van der Waals surface area (Å²) >= 11 is 0. The Morgan fingerprint density at radius 3 is 2.62 bits per heavy atom. The lowest BCUT2D eigenvalue weighted by atomic mass is 10.1. The van der Waals surface area contributed by atoms with E-state index in [-0.39, 0.29) is 12.0 Å². The molecule has 1 saturated carbocycles. The van der Waals surface area contributed by atoms with Crippen LogP contribution in [0.25, 0.3) is 0 Å². The van der Waals surface area contributed by atoms with Crippen LogP contribution in [0.15, 0.2) is 18.2 Å². The van der Waals surface area contributed by atoms with E-state index in [1.54, 1.807) is 26.3 Å². The van der Waals surface area contributed by atoms with Crippen molar-refractivity contribution in [3.8, 4) is 11.5 Å². The second kappa shape index (κ2) is 4.43. The molecule has 1 N–H and O–H groups in total. The van der Waals surface area contributed by atoms with Crippen molar-refractivity contribution in [2.24, 2.45) is 0 Å². The van der Waals surface area contributed by atoms with Crippen molar-refractivity contribution in [2.45, 2.75) is 18.9 Å². The maximum atomic E-state index is 11.7. The van der Waals surface area contributed by atoms with Gasteiger partial charge in [-0.2, -0.15) is 0 Å². The van der Waals surface area contributed by atoms with Gasteiger partial charge in [0, 0.05) is 7.05 Å². The summed E-state index contributed by atoms with van der Waals surface area (Å²) in [4.78, 5) is 11.7. The van der Waals surface area contributed by atoms with Crippen LogP contribution in [-0.2, 0) is 0 Å². The summed E-state index contributed by atoms with van der Waals surface area (Å²) in [5.41, 5.74) is 0.472. The number of nitrogens with one attached hydrogen (secondary N) is 1. The molecule has 0 unspecified atom stereocenters. The predicted molar refractivity (Wildman–Crippen MR) is 60.0 cm³/mol. The minimum atomic E-state index is -0.187. The summed E-state index contributed by atoms with van der Waals surface area (Å²) in [7, 11) is 3.14. The first-order valence-electron chi connectivity index (χ1n) is 5.32. The van der Waals surface area contributed by atoms with E-state index in [0.29, 0.717) is 17.1 Å². The standard InChI is InChI=1S/C12H15NO3/c1-13-12(14)11-9(15-2)4-3-5-10(11)16-8-6-7-8/h3-5,8H,6-7H2,1-2H3,(H,13,14). The van der Waals surface area contributed by atoms with Crippen LogP contribution in [0.1, 0.15) is 23.2 Å². The van der Waals surface area contributed by atoms with Gasteiger partial charge in [0.05, 0.1) is 13.2 Å². The fourth-order valence-corrected chi connectivity index (χ4v) is 1.49. The third-order valence-corrected chi connectivity index (χ3v) is 2.48. The number of amides is 1. The summed E-state index contributed by atoms with van der Waals surface area (Å²) in [5, 5.41) is 2.59. The highest BCUT2D eigenvalue weighted by Gasteiger charge is 2.26. The lowest BCUT2D eigenvalue weighted by molar-refractivity contribution is 0.0955. The van der Waals surface area contributed by atoms with E-state index in [9.17, 15) is 4.79 Å². The van der Waals surface area contributed by atoms with Crippen molar-refractivity contribution in [1.29, 1.82) is 0 Å². The number of methoxy groups -OCH3 is 1. The summed E-state index contributed by atoms with van der Waals surface area (Å²) in [6.07, 6.45) is 2.38. The highest BCUT2D eigenvalue weighted by Crippen LogP contribution is 2.33. The van der Waals surface area contributed by atoms with E-state index in [4.69, 9.17) is 9.47 Å². The Labute approximate surface area is 94.6 Å². The van der Waals surface area contributed by atoms with Crippen LogP contribution >= 0.6 is 0 Å². The zero-order chi connectivity index (χ0) is 11.5. The van der Waals surface area contributed by atoms with E-state index < -0.39 is 0 Å². The van der Waals surface area contributed by atoms with Crippen LogP contribution in [0.3, 0.4) is 0 Å². The van der Waals surface area contributed by atoms with Gasteiger partial charge >= 0.3 is 0 Å². The Morgan fingerprint density at radius 2 is 2.06 bits per heavy atom. The summed E-state index contributed by atoms with van der Waals surface area (Å²) in [6.45, 7) is 0. The zero-order valence-electron chi connectivity index (χ0n) is 9.45. The van der Waals surface area contributed by atoms with Crippen LogP contribution in [0.4, 0.5) is 0 Å². The molecule has 1 amide bonds. The Bertz CT molecular complexity index is 399.